The van der Waals surface area contributed by atoms with E-state index < -0.39 is 4.92 Å². The van der Waals surface area contributed by atoms with Gasteiger partial charge in [0, 0.05) is 38.9 Å². The highest BCUT2D eigenvalue weighted by atomic mass is 16.6. The number of benzene rings is 2. The normalized spacial score (nSPS) is 11.2. The molecule has 0 atom stereocenters. The summed E-state index contributed by atoms with van der Waals surface area (Å²) in [5.41, 5.74) is 2.27. The van der Waals surface area contributed by atoms with E-state index in [4.69, 9.17) is 4.74 Å². The molecule has 0 saturated heterocycles. The third-order valence-corrected chi connectivity index (χ3v) is 3.93. The molecule has 0 aliphatic heterocycles. The van der Waals surface area contributed by atoms with Gasteiger partial charge >= 0.3 is 0 Å². The second-order valence-corrected chi connectivity index (χ2v) is 6.02. The van der Waals surface area contributed by atoms with Gasteiger partial charge in [-0.25, -0.2) is 4.99 Å². The van der Waals surface area contributed by atoms with Gasteiger partial charge in [0.15, 0.2) is 5.96 Å². The monoisotopic (exact) mass is 370 g/mol. The molecule has 27 heavy (non-hydrogen) atoms. The highest BCUT2D eigenvalue weighted by Gasteiger charge is 2.04. The Kier molecular flexibility index (Phi) is 8.79. The first-order chi connectivity index (χ1) is 13.2. The van der Waals surface area contributed by atoms with E-state index in [0.29, 0.717) is 13.2 Å². The average molecular weight is 370 g/mol. The summed E-state index contributed by atoms with van der Waals surface area (Å²) in [4.78, 5) is 14.9. The SMILES string of the molecule is COCCCNC(=NCc1ccc([N+](=O)[O-])cc1)NCCc1ccccc1. The Bertz CT molecular complexity index is 718. The van der Waals surface area contributed by atoms with Crippen LogP contribution in [0.25, 0.3) is 0 Å². The van der Waals surface area contributed by atoms with Crippen LogP contribution in [-0.2, 0) is 17.7 Å². The fourth-order valence-electron chi connectivity index (χ4n) is 2.46. The minimum atomic E-state index is -0.402. The quantitative estimate of drug-likeness (QED) is 0.221. The zero-order chi connectivity index (χ0) is 19.3. The van der Waals surface area contributed by atoms with Gasteiger partial charge in [0.25, 0.3) is 5.69 Å². The van der Waals surface area contributed by atoms with Gasteiger partial charge in [0.05, 0.1) is 11.5 Å². The van der Waals surface area contributed by atoms with Gasteiger partial charge < -0.3 is 15.4 Å². The van der Waals surface area contributed by atoms with Gasteiger partial charge in [-0.05, 0) is 24.0 Å². The summed E-state index contributed by atoms with van der Waals surface area (Å²) in [6.07, 6.45) is 1.78. The van der Waals surface area contributed by atoms with E-state index in [1.165, 1.54) is 17.7 Å². The van der Waals surface area contributed by atoms with Crippen LogP contribution in [0.5, 0.6) is 0 Å². The summed E-state index contributed by atoms with van der Waals surface area (Å²) < 4.78 is 5.07. The molecule has 7 nitrogen and oxygen atoms in total. The third-order valence-electron chi connectivity index (χ3n) is 3.93. The van der Waals surface area contributed by atoms with Crippen molar-refractivity contribution in [1.82, 2.24) is 10.6 Å². The van der Waals surface area contributed by atoms with Crippen LogP contribution in [0.15, 0.2) is 59.6 Å². The zero-order valence-electron chi connectivity index (χ0n) is 15.6. The Labute approximate surface area is 159 Å². The van der Waals surface area contributed by atoms with Crippen LogP contribution in [0.3, 0.4) is 0 Å². The predicted octanol–water partition coefficient (Wildman–Crippen LogP) is 2.91. The Morgan fingerprint density at radius 3 is 2.41 bits per heavy atom. The maximum absolute atomic E-state index is 10.7. The summed E-state index contributed by atoms with van der Waals surface area (Å²) in [5, 5.41) is 17.4. The molecule has 0 fully saturated rings. The largest absolute Gasteiger partial charge is 0.385 e. The predicted molar refractivity (Wildman–Crippen MR) is 107 cm³/mol. The van der Waals surface area contributed by atoms with E-state index in [0.717, 1.165) is 37.5 Å². The third kappa shape index (κ3) is 7.87. The standard InChI is InChI=1S/C20H26N4O3/c1-27-15-5-13-21-20(22-14-12-17-6-3-2-4-7-17)23-16-18-8-10-19(11-9-18)24(25)26/h2-4,6-11H,5,12-16H2,1H3,(H2,21,22,23). The van der Waals surface area contributed by atoms with E-state index in [1.807, 2.05) is 18.2 Å². The molecule has 0 aliphatic carbocycles. The number of nitrogens with zero attached hydrogens (tertiary/aromatic N) is 2. The lowest BCUT2D eigenvalue weighted by Gasteiger charge is -2.13. The molecule has 2 aromatic rings. The number of guanidine groups is 1. The number of hydrogen-bond donors (Lipinski definition) is 2. The van der Waals surface area contributed by atoms with Crippen molar-refractivity contribution >= 4 is 11.6 Å². The molecule has 0 saturated carbocycles. The molecule has 2 N–H and O–H groups in total. The summed E-state index contributed by atoms with van der Waals surface area (Å²) in [7, 11) is 1.68. The maximum atomic E-state index is 10.7. The second-order valence-electron chi connectivity index (χ2n) is 6.02. The second kappa shape index (κ2) is 11.6. The van der Waals surface area contributed by atoms with E-state index in [-0.39, 0.29) is 5.69 Å². The van der Waals surface area contributed by atoms with Crippen LogP contribution in [0.1, 0.15) is 17.5 Å². The highest BCUT2D eigenvalue weighted by Crippen LogP contribution is 2.12. The van der Waals surface area contributed by atoms with Gasteiger partial charge in [0.2, 0.25) is 0 Å². The summed E-state index contributed by atoms with van der Waals surface area (Å²) in [6.45, 7) is 2.65. The number of ether oxygens (including phenoxy) is 1. The highest BCUT2D eigenvalue weighted by molar-refractivity contribution is 5.79. The molecule has 2 aromatic carbocycles. The first kappa shape index (κ1) is 20.4. The number of nitro benzene ring substituents is 1. The molecule has 0 radical (unpaired) electrons. The van der Waals surface area contributed by atoms with Crippen molar-refractivity contribution in [1.29, 1.82) is 0 Å². The average Bonchev–Trinajstić information content (AvgIpc) is 2.70. The number of non-ortho nitro benzene ring substituents is 1. The molecule has 0 bridgehead atoms. The Hall–Kier alpha value is -2.93. The van der Waals surface area contributed by atoms with Crippen molar-refractivity contribution in [2.75, 3.05) is 26.8 Å². The van der Waals surface area contributed by atoms with Gasteiger partial charge in [-0.1, -0.05) is 42.5 Å². The van der Waals surface area contributed by atoms with Crippen molar-refractivity contribution < 1.29 is 9.66 Å². The smallest absolute Gasteiger partial charge is 0.269 e. The fraction of sp³-hybridized carbons (Fsp3) is 0.350. The molecule has 2 rings (SSSR count). The van der Waals surface area contributed by atoms with E-state index >= 15 is 0 Å². The molecule has 0 unspecified atom stereocenters. The Morgan fingerprint density at radius 1 is 1.04 bits per heavy atom. The Morgan fingerprint density at radius 2 is 1.74 bits per heavy atom. The molecule has 144 valence electrons. The van der Waals surface area contributed by atoms with Crippen molar-refractivity contribution in [3.63, 3.8) is 0 Å². The van der Waals surface area contributed by atoms with Crippen LogP contribution >= 0.6 is 0 Å². The lowest BCUT2D eigenvalue weighted by Crippen LogP contribution is -2.39. The first-order valence-electron chi connectivity index (χ1n) is 8.97. The summed E-state index contributed by atoms with van der Waals surface area (Å²) in [5.74, 6) is 0.723. The number of rotatable bonds is 10. The van der Waals surface area contributed by atoms with Crippen LogP contribution in [-0.4, -0.2) is 37.7 Å². The minimum Gasteiger partial charge on any atom is -0.385 e. The van der Waals surface area contributed by atoms with Gasteiger partial charge in [-0.15, -0.1) is 0 Å². The number of methoxy groups -OCH3 is 1. The van der Waals surface area contributed by atoms with Crippen LogP contribution < -0.4 is 10.6 Å². The summed E-state index contributed by atoms with van der Waals surface area (Å²) in [6, 6.07) is 16.7. The number of aliphatic imine (C=N–C) groups is 1. The molecule has 0 heterocycles. The van der Waals surface area contributed by atoms with Crippen LogP contribution in [0.2, 0.25) is 0 Å². The Balaban J connectivity index is 1.90. The summed E-state index contributed by atoms with van der Waals surface area (Å²) >= 11 is 0. The maximum Gasteiger partial charge on any atom is 0.269 e. The molecule has 7 heteroatoms. The fourth-order valence-corrected chi connectivity index (χ4v) is 2.46. The minimum absolute atomic E-state index is 0.0848. The zero-order valence-corrected chi connectivity index (χ0v) is 15.6. The van der Waals surface area contributed by atoms with Crippen molar-refractivity contribution in [3.05, 3.63) is 75.8 Å². The van der Waals surface area contributed by atoms with Crippen LogP contribution in [0.4, 0.5) is 5.69 Å². The number of nitro groups is 1. The first-order valence-corrected chi connectivity index (χ1v) is 8.97. The van der Waals surface area contributed by atoms with E-state index in [9.17, 15) is 10.1 Å². The topological polar surface area (TPSA) is 88.8 Å². The molecule has 0 amide bonds. The van der Waals surface area contributed by atoms with E-state index in [2.05, 4.69) is 27.8 Å². The molecule has 0 spiro atoms. The van der Waals surface area contributed by atoms with Crippen molar-refractivity contribution in [3.8, 4) is 0 Å². The lowest BCUT2D eigenvalue weighted by atomic mass is 10.1. The van der Waals surface area contributed by atoms with E-state index in [1.54, 1.807) is 19.2 Å². The lowest BCUT2D eigenvalue weighted by molar-refractivity contribution is -0.384. The molecular formula is C20H26N4O3. The molecule has 0 aromatic heterocycles. The number of hydrogen-bond acceptors (Lipinski definition) is 4. The molecule has 0 aliphatic rings. The number of nitrogens with one attached hydrogen (secondary N) is 2. The molecular weight excluding hydrogens is 344 g/mol. The van der Waals surface area contributed by atoms with Gasteiger partial charge in [-0.2, -0.15) is 0 Å². The van der Waals surface area contributed by atoms with Crippen molar-refractivity contribution in [2.45, 2.75) is 19.4 Å². The van der Waals surface area contributed by atoms with Gasteiger partial charge in [0.1, 0.15) is 0 Å². The van der Waals surface area contributed by atoms with Crippen molar-refractivity contribution in [2.24, 2.45) is 4.99 Å². The van der Waals surface area contributed by atoms with Gasteiger partial charge in [-0.3, -0.25) is 10.1 Å². The van der Waals surface area contributed by atoms with Crippen LogP contribution in [0, 0.1) is 10.1 Å².